The molecular formula is C13H25N. The SMILES string of the molecule is CC1(C)CCC2CCNCCC2CC1. The molecular weight excluding hydrogens is 170 g/mol. The normalized spacial score (nSPS) is 38.1. The van der Waals surface area contributed by atoms with E-state index in [-0.39, 0.29) is 0 Å². The molecule has 1 N–H and O–H groups in total. The molecule has 2 rings (SSSR count). The molecule has 82 valence electrons. The van der Waals surface area contributed by atoms with E-state index in [0.717, 1.165) is 11.8 Å². The highest BCUT2D eigenvalue weighted by Crippen LogP contribution is 2.41. The topological polar surface area (TPSA) is 12.0 Å². The van der Waals surface area contributed by atoms with Crippen molar-refractivity contribution >= 4 is 0 Å². The Morgan fingerprint density at radius 3 is 1.86 bits per heavy atom. The zero-order valence-electron chi connectivity index (χ0n) is 9.81. The molecule has 1 aliphatic heterocycles. The maximum Gasteiger partial charge on any atom is -0.00462 e. The van der Waals surface area contributed by atoms with Crippen molar-refractivity contribution in [1.29, 1.82) is 0 Å². The van der Waals surface area contributed by atoms with E-state index in [0.29, 0.717) is 5.41 Å². The van der Waals surface area contributed by atoms with Crippen LogP contribution in [0.4, 0.5) is 0 Å². The van der Waals surface area contributed by atoms with Crippen LogP contribution in [-0.2, 0) is 0 Å². The number of hydrogen-bond acceptors (Lipinski definition) is 1. The van der Waals surface area contributed by atoms with Gasteiger partial charge in [-0.1, -0.05) is 13.8 Å². The Balaban J connectivity index is 1.99. The van der Waals surface area contributed by atoms with Gasteiger partial charge in [-0.05, 0) is 68.9 Å². The van der Waals surface area contributed by atoms with Gasteiger partial charge in [0.1, 0.15) is 0 Å². The fourth-order valence-corrected chi connectivity index (χ4v) is 3.21. The van der Waals surface area contributed by atoms with Gasteiger partial charge in [0.2, 0.25) is 0 Å². The predicted octanol–water partition coefficient (Wildman–Crippen LogP) is 3.20. The molecule has 1 saturated carbocycles. The minimum Gasteiger partial charge on any atom is -0.317 e. The summed E-state index contributed by atoms with van der Waals surface area (Å²) in [4.78, 5) is 0. The third-order valence-electron chi connectivity index (χ3n) is 4.43. The van der Waals surface area contributed by atoms with Crippen molar-refractivity contribution < 1.29 is 0 Å². The zero-order chi connectivity index (χ0) is 10.0. The third kappa shape index (κ3) is 2.50. The summed E-state index contributed by atoms with van der Waals surface area (Å²) in [6.45, 7) is 7.44. The largest absolute Gasteiger partial charge is 0.317 e. The van der Waals surface area contributed by atoms with Crippen molar-refractivity contribution in [3.8, 4) is 0 Å². The third-order valence-corrected chi connectivity index (χ3v) is 4.43. The van der Waals surface area contributed by atoms with Crippen molar-refractivity contribution in [2.45, 2.75) is 52.4 Å². The van der Waals surface area contributed by atoms with Gasteiger partial charge in [0.25, 0.3) is 0 Å². The lowest BCUT2D eigenvalue weighted by molar-refractivity contribution is 0.304. The lowest BCUT2D eigenvalue weighted by Crippen LogP contribution is -2.15. The molecule has 2 fully saturated rings. The maximum atomic E-state index is 3.54. The van der Waals surface area contributed by atoms with Crippen LogP contribution in [0.5, 0.6) is 0 Å². The minimum atomic E-state index is 0.625. The monoisotopic (exact) mass is 195 g/mol. The van der Waals surface area contributed by atoms with Gasteiger partial charge in [0.15, 0.2) is 0 Å². The van der Waals surface area contributed by atoms with Crippen LogP contribution in [0.15, 0.2) is 0 Å². The summed E-state index contributed by atoms with van der Waals surface area (Å²) in [7, 11) is 0. The molecule has 1 saturated heterocycles. The van der Waals surface area contributed by atoms with Crippen LogP contribution < -0.4 is 5.32 Å². The summed E-state index contributed by atoms with van der Waals surface area (Å²) in [5.74, 6) is 2.07. The lowest BCUT2D eigenvalue weighted by atomic mass is 9.84. The lowest BCUT2D eigenvalue weighted by Gasteiger charge is -2.21. The molecule has 0 aromatic heterocycles. The van der Waals surface area contributed by atoms with E-state index in [9.17, 15) is 0 Å². The summed E-state index contributed by atoms with van der Waals surface area (Å²) in [6.07, 6.45) is 8.74. The molecule has 2 aliphatic rings. The van der Waals surface area contributed by atoms with Gasteiger partial charge < -0.3 is 5.32 Å². The van der Waals surface area contributed by atoms with Gasteiger partial charge in [0, 0.05) is 0 Å². The Kier molecular flexibility index (Phi) is 3.16. The molecule has 2 atom stereocenters. The molecule has 1 aliphatic carbocycles. The molecule has 0 spiro atoms. The van der Waals surface area contributed by atoms with E-state index in [2.05, 4.69) is 19.2 Å². The van der Waals surface area contributed by atoms with Gasteiger partial charge in [-0.2, -0.15) is 0 Å². The quantitative estimate of drug-likeness (QED) is 0.626. The number of nitrogens with one attached hydrogen (secondary N) is 1. The summed E-state index contributed by atoms with van der Waals surface area (Å²) < 4.78 is 0. The first-order chi connectivity index (χ1) is 6.67. The second-order valence-corrected chi connectivity index (χ2v) is 6.09. The number of hydrogen-bond donors (Lipinski definition) is 1. The van der Waals surface area contributed by atoms with E-state index < -0.39 is 0 Å². The van der Waals surface area contributed by atoms with E-state index in [4.69, 9.17) is 0 Å². The first-order valence-electron chi connectivity index (χ1n) is 6.38. The summed E-state index contributed by atoms with van der Waals surface area (Å²) in [6, 6.07) is 0. The molecule has 0 aromatic rings. The smallest absolute Gasteiger partial charge is 0.00462 e. The van der Waals surface area contributed by atoms with E-state index in [1.165, 1.54) is 51.6 Å². The van der Waals surface area contributed by atoms with Gasteiger partial charge in [-0.25, -0.2) is 0 Å². The van der Waals surface area contributed by atoms with E-state index in [1.807, 2.05) is 0 Å². The highest BCUT2D eigenvalue weighted by molar-refractivity contribution is 4.83. The first kappa shape index (κ1) is 10.5. The standard InChI is InChI=1S/C13H25N/c1-13(2)7-3-11-5-9-14-10-6-12(11)4-8-13/h11-12,14H,3-10H2,1-2H3. The van der Waals surface area contributed by atoms with Crippen molar-refractivity contribution in [3.63, 3.8) is 0 Å². The van der Waals surface area contributed by atoms with Crippen LogP contribution in [0, 0.1) is 17.3 Å². The highest BCUT2D eigenvalue weighted by Gasteiger charge is 2.31. The molecule has 1 heterocycles. The van der Waals surface area contributed by atoms with Crippen LogP contribution in [0.2, 0.25) is 0 Å². The summed E-state index contributed by atoms with van der Waals surface area (Å²) >= 11 is 0. The van der Waals surface area contributed by atoms with Gasteiger partial charge >= 0.3 is 0 Å². The van der Waals surface area contributed by atoms with E-state index in [1.54, 1.807) is 0 Å². The summed E-state index contributed by atoms with van der Waals surface area (Å²) in [5.41, 5.74) is 0.625. The number of fused-ring (bicyclic) bond motifs is 1. The van der Waals surface area contributed by atoms with Crippen LogP contribution in [0.1, 0.15) is 52.4 Å². The maximum absolute atomic E-state index is 3.54. The Hall–Kier alpha value is -0.0400. The van der Waals surface area contributed by atoms with Crippen LogP contribution in [-0.4, -0.2) is 13.1 Å². The second-order valence-electron chi connectivity index (χ2n) is 6.09. The Labute approximate surface area is 88.7 Å². The van der Waals surface area contributed by atoms with E-state index >= 15 is 0 Å². The summed E-state index contributed by atoms with van der Waals surface area (Å²) in [5, 5.41) is 3.54. The molecule has 0 bridgehead atoms. The van der Waals surface area contributed by atoms with Gasteiger partial charge in [0.05, 0.1) is 0 Å². The molecule has 1 heteroatoms. The Bertz CT molecular complexity index is 168. The van der Waals surface area contributed by atoms with Crippen LogP contribution >= 0.6 is 0 Å². The Morgan fingerprint density at radius 2 is 1.36 bits per heavy atom. The molecule has 1 nitrogen and oxygen atoms in total. The molecule has 0 radical (unpaired) electrons. The minimum absolute atomic E-state index is 0.625. The average molecular weight is 195 g/mol. The van der Waals surface area contributed by atoms with Crippen LogP contribution in [0.3, 0.4) is 0 Å². The predicted molar refractivity (Wildman–Crippen MR) is 61.3 cm³/mol. The highest BCUT2D eigenvalue weighted by atomic mass is 14.9. The molecule has 0 amide bonds. The molecule has 14 heavy (non-hydrogen) atoms. The van der Waals surface area contributed by atoms with Crippen molar-refractivity contribution in [2.75, 3.05) is 13.1 Å². The molecule has 2 unspecified atom stereocenters. The van der Waals surface area contributed by atoms with Crippen LogP contribution in [0.25, 0.3) is 0 Å². The van der Waals surface area contributed by atoms with Crippen molar-refractivity contribution in [1.82, 2.24) is 5.32 Å². The van der Waals surface area contributed by atoms with Crippen molar-refractivity contribution in [2.24, 2.45) is 17.3 Å². The average Bonchev–Trinajstić information content (AvgIpc) is 2.42. The first-order valence-corrected chi connectivity index (χ1v) is 6.38. The van der Waals surface area contributed by atoms with Crippen molar-refractivity contribution in [3.05, 3.63) is 0 Å². The fraction of sp³-hybridized carbons (Fsp3) is 1.00. The number of rotatable bonds is 0. The zero-order valence-corrected chi connectivity index (χ0v) is 9.81. The molecule has 0 aromatic carbocycles. The fourth-order valence-electron chi connectivity index (χ4n) is 3.21. The Morgan fingerprint density at radius 1 is 0.857 bits per heavy atom. The second kappa shape index (κ2) is 4.22. The van der Waals surface area contributed by atoms with Gasteiger partial charge in [-0.15, -0.1) is 0 Å². The van der Waals surface area contributed by atoms with Gasteiger partial charge in [-0.3, -0.25) is 0 Å².